The number of hydrogen-bond donors (Lipinski definition) is 1. The Morgan fingerprint density at radius 3 is 2.36 bits per heavy atom. The number of hydrogen-bond acceptors (Lipinski definition) is 3. The molecule has 1 heterocycles. The van der Waals surface area contributed by atoms with Crippen LogP contribution in [-0.4, -0.2) is 15.7 Å². The SMILES string of the molecule is Cc1cc(NC(=O)c2ccc(COc3ccc(F)cc3)cc2)nn1Cc1ccc(Cl)c(Cl)c1. The van der Waals surface area contributed by atoms with Gasteiger partial charge in [-0.1, -0.05) is 41.4 Å². The van der Waals surface area contributed by atoms with Gasteiger partial charge in [-0.2, -0.15) is 5.10 Å². The average Bonchev–Trinajstić information content (AvgIpc) is 3.14. The maximum absolute atomic E-state index is 13.0. The fraction of sp³-hybridized carbons (Fsp3) is 0.120. The topological polar surface area (TPSA) is 56.1 Å². The number of halogens is 3. The number of anilines is 1. The smallest absolute Gasteiger partial charge is 0.256 e. The van der Waals surface area contributed by atoms with Crippen LogP contribution in [0, 0.1) is 12.7 Å². The number of benzene rings is 3. The Labute approximate surface area is 200 Å². The average molecular weight is 484 g/mol. The zero-order valence-corrected chi connectivity index (χ0v) is 19.2. The van der Waals surface area contributed by atoms with Crippen LogP contribution in [0.15, 0.2) is 72.8 Å². The van der Waals surface area contributed by atoms with Crippen LogP contribution < -0.4 is 10.1 Å². The number of carbonyl (C=O) groups is 1. The number of nitrogens with one attached hydrogen (secondary N) is 1. The van der Waals surface area contributed by atoms with Gasteiger partial charge in [0, 0.05) is 17.3 Å². The zero-order chi connectivity index (χ0) is 23.4. The first-order valence-corrected chi connectivity index (χ1v) is 10.9. The maximum Gasteiger partial charge on any atom is 0.256 e. The molecular weight excluding hydrogens is 464 g/mol. The second kappa shape index (κ2) is 10.1. The predicted molar refractivity (Wildman–Crippen MR) is 128 cm³/mol. The normalized spacial score (nSPS) is 10.8. The Hall–Kier alpha value is -3.35. The van der Waals surface area contributed by atoms with Crippen molar-refractivity contribution in [1.82, 2.24) is 9.78 Å². The first-order chi connectivity index (χ1) is 15.9. The molecule has 3 aromatic carbocycles. The van der Waals surface area contributed by atoms with Crippen molar-refractivity contribution in [3.8, 4) is 5.75 Å². The third-order valence-electron chi connectivity index (χ3n) is 4.97. The van der Waals surface area contributed by atoms with Crippen LogP contribution in [0.4, 0.5) is 10.2 Å². The highest BCUT2D eigenvalue weighted by Crippen LogP contribution is 2.23. The van der Waals surface area contributed by atoms with E-state index in [-0.39, 0.29) is 11.7 Å². The Bertz CT molecular complexity index is 1270. The minimum atomic E-state index is -0.313. The summed E-state index contributed by atoms with van der Waals surface area (Å²) >= 11 is 12.1. The lowest BCUT2D eigenvalue weighted by Crippen LogP contribution is -2.13. The van der Waals surface area contributed by atoms with Gasteiger partial charge in [0.25, 0.3) is 5.91 Å². The van der Waals surface area contributed by atoms with Gasteiger partial charge in [-0.15, -0.1) is 0 Å². The number of aryl methyl sites for hydroxylation is 1. The van der Waals surface area contributed by atoms with Crippen LogP contribution in [0.3, 0.4) is 0 Å². The molecule has 4 aromatic rings. The predicted octanol–water partition coefficient (Wildman–Crippen LogP) is 6.52. The number of amides is 1. The molecule has 0 spiro atoms. The lowest BCUT2D eigenvalue weighted by atomic mass is 10.1. The molecule has 0 aliphatic rings. The van der Waals surface area contributed by atoms with Gasteiger partial charge in [-0.05, 0) is 66.6 Å². The van der Waals surface area contributed by atoms with Crippen molar-refractivity contribution in [1.29, 1.82) is 0 Å². The first kappa shape index (κ1) is 22.8. The molecule has 1 N–H and O–H groups in total. The molecule has 8 heteroatoms. The second-order valence-corrected chi connectivity index (χ2v) is 8.29. The molecule has 0 bridgehead atoms. The van der Waals surface area contributed by atoms with Crippen molar-refractivity contribution < 1.29 is 13.9 Å². The summed E-state index contributed by atoms with van der Waals surface area (Å²) in [6, 6.07) is 20.1. The van der Waals surface area contributed by atoms with Gasteiger partial charge < -0.3 is 10.1 Å². The van der Waals surface area contributed by atoms with Crippen LogP contribution in [-0.2, 0) is 13.2 Å². The Balaban J connectivity index is 1.36. The molecule has 0 fully saturated rings. The van der Waals surface area contributed by atoms with Crippen LogP contribution in [0.2, 0.25) is 10.0 Å². The summed E-state index contributed by atoms with van der Waals surface area (Å²) in [6.07, 6.45) is 0. The zero-order valence-electron chi connectivity index (χ0n) is 17.7. The lowest BCUT2D eigenvalue weighted by molar-refractivity contribution is 0.102. The quantitative estimate of drug-likeness (QED) is 0.325. The van der Waals surface area contributed by atoms with Crippen molar-refractivity contribution in [3.05, 3.63) is 111 Å². The fourth-order valence-electron chi connectivity index (χ4n) is 3.18. The molecule has 168 valence electrons. The third kappa shape index (κ3) is 5.92. The van der Waals surface area contributed by atoms with Gasteiger partial charge in [-0.25, -0.2) is 4.39 Å². The molecular formula is C25H20Cl2FN3O2. The standard InChI is InChI=1S/C25H20Cl2FN3O2/c1-16-12-24(30-31(16)14-18-4-11-22(26)23(27)13-18)29-25(32)19-5-2-17(3-6-19)15-33-21-9-7-20(28)8-10-21/h2-13H,14-15H2,1H3,(H,29,30,32). The van der Waals surface area contributed by atoms with Gasteiger partial charge in [0.15, 0.2) is 5.82 Å². The number of aromatic nitrogens is 2. The van der Waals surface area contributed by atoms with Crippen molar-refractivity contribution in [3.63, 3.8) is 0 Å². The molecule has 33 heavy (non-hydrogen) atoms. The largest absolute Gasteiger partial charge is 0.489 e. The monoisotopic (exact) mass is 483 g/mol. The number of nitrogens with zero attached hydrogens (tertiary/aromatic N) is 2. The molecule has 0 aliphatic heterocycles. The summed E-state index contributed by atoms with van der Waals surface area (Å²) in [5.41, 5.74) is 3.23. The molecule has 1 amide bonds. The van der Waals surface area contributed by atoms with Crippen LogP contribution in [0.25, 0.3) is 0 Å². The molecule has 5 nitrogen and oxygen atoms in total. The van der Waals surface area contributed by atoms with E-state index in [1.54, 1.807) is 47.1 Å². The van der Waals surface area contributed by atoms with E-state index in [9.17, 15) is 9.18 Å². The van der Waals surface area contributed by atoms with Crippen LogP contribution >= 0.6 is 23.2 Å². The molecule has 1 aromatic heterocycles. The molecule has 0 radical (unpaired) electrons. The van der Waals surface area contributed by atoms with Crippen molar-refractivity contribution >= 4 is 34.9 Å². The van der Waals surface area contributed by atoms with Gasteiger partial charge in [0.2, 0.25) is 0 Å². The first-order valence-electron chi connectivity index (χ1n) is 10.1. The van der Waals surface area contributed by atoms with Crippen molar-refractivity contribution in [2.75, 3.05) is 5.32 Å². The van der Waals surface area contributed by atoms with E-state index in [1.165, 1.54) is 12.1 Å². The highest BCUT2D eigenvalue weighted by atomic mass is 35.5. The summed E-state index contributed by atoms with van der Waals surface area (Å²) in [7, 11) is 0. The number of carbonyl (C=O) groups excluding carboxylic acids is 1. The maximum atomic E-state index is 13.0. The Morgan fingerprint density at radius 1 is 0.970 bits per heavy atom. The summed E-state index contributed by atoms with van der Waals surface area (Å²) in [6.45, 7) is 2.73. The summed E-state index contributed by atoms with van der Waals surface area (Å²) in [5.74, 6) is 0.457. The van der Waals surface area contributed by atoms with E-state index in [0.29, 0.717) is 40.3 Å². The van der Waals surface area contributed by atoms with Gasteiger partial charge in [0.1, 0.15) is 18.2 Å². The van der Waals surface area contributed by atoms with E-state index in [2.05, 4.69) is 10.4 Å². The minimum absolute atomic E-state index is 0.264. The Morgan fingerprint density at radius 2 is 1.67 bits per heavy atom. The summed E-state index contributed by atoms with van der Waals surface area (Å²) in [5, 5.41) is 8.28. The molecule has 0 saturated carbocycles. The van der Waals surface area contributed by atoms with Gasteiger partial charge >= 0.3 is 0 Å². The molecule has 0 unspecified atom stereocenters. The van der Waals surface area contributed by atoms with E-state index in [4.69, 9.17) is 27.9 Å². The highest BCUT2D eigenvalue weighted by molar-refractivity contribution is 6.42. The number of rotatable bonds is 7. The number of ether oxygens (including phenoxy) is 1. The van der Waals surface area contributed by atoms with Crippen molar-refractivity contribution in [2.45, 2.75) is 20.1 Å². The molecule has 0 saturated heterocycles. The third-order valence-corrected chi connectivity index (χ3v) is 5.71. The molecule has 4 rings (SSSR count). The van der Waals surface area contributed by atoms with Gasteiger partial charge in [0.05, 0.1) is 16.6 Å². The summed E-state index contributed by atoms with van der Waals surface area (Å²) in [4.78, 5) is 12.6. The van der Waals surface area contributed by atoms with E-state index in [0.717, 1.165) is 16.8 Å². The molecule has 0 aliphatic carbocycles. The minimum Gasteiger partial charge on any atom is -0.489 e. The van der Waals surface area contributed by atoms with Crippen LogP contribution in [0.5, 0.6) is 5.75 Å². The van der Waals surface area contributed by atoms with E-state index >= 15 is 0 Å². The molecule has 0 atom stereocenters. The lowest BCUT2D eigenvalue weighted by Gasteiger charge is -2.07. The highest BCUT2D eigenvalue weighted by Gasteiger charge is 2.11. The van der Waals surface area contributed by atoms with E-state index < -0.39 is 0 Å². The second-order valence-electron chi connectivity index (χ2n) is 7.47. The fourth-order valence-corrected chi connectivity index (χ4v) is 3.50. The van der Waals surface area contributed by atoms with Gasteiger partial charge in [-0.3, -0.25) is 9.48 Å². The summed E-state index contributed by atoms with van der Waals surface area (Å²) < 4.78 is 20.4. The van der Waals surface area contributed by atoms with E-state index in [1.807, 2.05) is 25.1 Å². The Kier molecular flexibility index (Phi) is 6.96. The van der Waals surface area contributed by atoms with Crippen LogP contribution in [0.1, 0.15) is 27.2 Å². The van der Waals surface area contributed by atoms with Crippen molar-refractivity contribution in [2.24, 2.45) is 0 Å².